The van der Waals surface area contributed by atoms with E-state index >= 15 is 0 Å². The Hall–Kier alpha value is -1.86. The molecule has 0 aromatic heterocycles. The number of hydrogen-bond donors (Lipinski definition) is 1. The van der Waals surface area contributed by atoms with Gasteiger partial charge in [0.25, 0.3) is 0 Å². The summed E-state index contributed by atoms with van der Waals surface area (Å²) in [4.78, 5) is 0.105. The Kier molecular flexibility index (Phi) is 3.83. The van der Waals surface area contributed by atoms with E-state index in [0.29, 0.717) is 5.57 Å². The summed E-state index contributed by atoms with van der Waals surface area (Å²) < 4.78 is 5.01. The van der Waals surface area contributed by atoms with E-state index in [-0.39, 0.29) is 4.99 Å². The van der Waals surface area contributed by atoms with Crippen LogP contribution in [0.2, 0.25) is 0 Å². The number of rotatable bonds is 3. The van der Waals surface area contributed by atoms with Crippen molar-refractivity contribution in [3.63, 3.8) is 0 Å². The molecule has 0 aliphatic carbocycles. The van der Waals surface area contributed by atoms with Gasteiger partial charge in [-0.15, -0.1) is 0 Å². The summed E-state index contributed by atoms with van der Waals surface area (Å²) in [6.45, 7) is 0. The molecule has 0 heterocycles. The zero-order chi connectivity index (χ0) is 11.3. The highest BCUT2D eigenvalue weighted by atomic mass is 32.1. The van der Waals surface area contributed by atoms with Gasteiger partial charge in [0, 0.05) is 0 Å². The normalized spacial score (nSPS) is 10.5. The second-order valence-corrected chi connectivity index (χ2v) is 3.25. The summed E-state index contributed by atoms with van der Waals surface area (Å²) >= 11 is 4.73. The zero-order valence-corrected chi connectivity index (χ0v) is 9.04. The van der Waals surface area contributed by atoms with Crippen LogP contribution in [0.4, 0.5) is 0 Å². The summed E-state index contributed by atoms with van der Waals surface area (Å²) in [6, 6.07) is 9.21. The van der Waals surface area contributed by atoms with Crippen molar-refractivity contribution >= 4 is 23.3 Å². The number of ether oxygens (including phenoxy) is 1. The molecule has 0 saturated heterocycles. The van der Waals surface area contributed by atoms with E-state index in [1.807, 2.05) is 18.2 Å². The van der Waals surface area contributed by atoms with Crippen LogP contribution in [0.15, 0.2) is 29.8 Å². The molecule has 0 radical (unpaired) electrons. The van der Waals surface area contributed by atoms with Crippen LogP contribution in [0.5, 0.6) is 5.75 Å². The van der Waals surface area contributed by atoms with Crippen LogP contribution in [0.3, 0.4) is 0 Å². The molecule has 76 valence electrons. The van der Waals surface area contributed by atoms with Crippen molar-refractivity contribution in [1.29, 1.82) is 5.26 Å². The summed E-state index contributed by atoms with van der Waals surface area (Å²) in [5.41, 5.74) is 6.53. The number of nitrogens with two attached hydrogens (primary N) is 1. The van der Waals surface area contributed by atoms with Gasteiger partial charge in [0.1, 0.15) is 16.8 Å². The maximum Gasteiger partial charge on any atom is 0.118 e. The van der Waals surface area contributed by atoms with Gasteiger partial charge in [-0.3, -0.25) is 0 Å². The third-order valence-electron chi connectivity index (χ3n) is 1.81. The average molecular weight is 218 g/mol. The van der Waals surface area contributed by atoms with Crippen LogP contribution in [-0.2, 0) is 0 Å². The molecule has 0 unspecified atom stereocenters. The van der Waals surface area contributed by atoms with Crippen LogP contribution in [0.25, 0.3) is 6.08 Å². The fraction of sp³-hybridized carbons (Fsp3) is 0.0909. The van der Waals surface area contributed by atoms with Crippen molar-refractivity contribution < 1.29 is 4.74 Å². The number of hydrogen-bond acceptors (Lipinski definition) is 3. The topological polar surface area (TPSA) is 59.0 Å². The monoisotopic (exact) mass is 218 g/mol. The van der Waals surface area contributed by atoms with Crippen LogP contribution in [-0.4, -0.2) is 12.1 Å². The highest BCUT2D eigenvalue weighted by Crippen LogP contribution is 2.13. The smallest absolute Gasteiger partial charge is 0.118 e. The number of benzene rings is 1. The lowest BCUT2D eigenvalue weighted by molar-refractivity contribution is 0.415. The van der Waals surface area contributed by atoms with Crippen molar-refractivity contribution in [3.05, 3.63) is 35.4 Å². The fourth-order valence-electron chi connectivity index (χ4n) is 1.03. The first kappa shape index (κ1) is 11.2. The predicted molar refractivity (Wildman–Crippen MR) is 63.4 cm³/mol. The molecule has 0 spiro atoms. The average Bonchev–Trinajstić information content (AvgIpc) is 2.26. The third kappa shape index (κ3) is 3.08. The predicted octanol–water partition coefficient (Wildman–Crippen LogP) is 1.89. The van der Waals surface area contributed by atoms with E-state index in [4.69, 9.17) is 28.0 Å². The summed E-state index contributed by atoms with van der Waals surface area (Å²) in [7, 11) is 1.60. The maximum absolute atomic E-state index is 8.75. The molecule has 1 rings (SSSR count). The van der Waals surface area contributed by atoms with Crippen LogP contribution in [0, 0.1) is 11.3 Å². The molecule has 0 aliphatic rings. The SMILES string of the molecule is COc1ccc(C=C(C#N)C(N)=S)cc1. The molecule has 15 heavy (non-hydrogen) atoms. The van der Waals surface area contributed by atoms with E-state index < -0.39 is 0 Å². The molecular weight excluding hydrogens is 208 g/mol. The van der Waals surface area contributed by atoms with Crippen LogP contribution >= 0.6 is 12.2 Å². The molecular formula is C11H10N2OS. The molecule has 4 heteroatoms. The molecule has 0 amide bonds. The van der Waals surface area contributed by atoms with Gasteiger partial charge < -0.3 is 10.5 Å². The molecule has 0 saturated carbocycles. The molecule has 3 nitrogen and oxygen atoms in total. The lowest BCUT2D eigenvalue weighted by Gasteiger charge is -2.00. The molecule has 2 N–H and O–H groups in total. The second kappa shape index (κ2) is 5.13. The summed E-state index contributed by atoms with van der Waals surface area (Å²) in [5.74, 6) is 0.765. The molecule has 0 atom stereocenters. The Labute approximate surface area is 93.8 Å². The Morgan fingerprint density at radius 2 is 2.07 bits per heavy atom. The Balaban J connectivity index is 2.98. The van der Waals surface area contributed by atoms with E-state index in [1.54, 1.807) is 25.3 Å². The Bertz CT molecular complexity index is 429. The highest BCUT2D eigenvalue weighted by Gasteiger charge is 1.99. The van der Waals surface area contributed by atoms with Gasteiger partial charge in [0.2, 0.25) is 0 Å². The van der Waals surface area contributed by atoms with Gasteiger partial charge in [0.05, 0.1) is 12.7 Å². The first-order chi connectivity index (χ1) is 7.17. The Morgan fingerprint density at radius 3 is 2.47 bits per heavy atom. The Morgan fingerprint density at radius 1 is 1.47 bits per heavy atom. The lowest BCUT2D eigenvalue weighted by atomic mass is 10.1. The van der Waals surface area contributed by atoms with Crippen LogP contribution in [0.1, 0.15) is 5.56 Å². The number of nitrogens with zero attached hydrogens (tertiary/aromatic N) is 1. The summed E-state index contributed by atoms with van der Waals surface area (Å²) in [6.07, 6.45) is 1.64. The number of methoxy groups -OCH3 is 1. The molecule has 0 bridgehead atoms. The van der Waals surface area contributed by atoms with E-state index in [0.717, 1.165) is 11.3 Å². The van der Waals surface area contributed by atoms with E-state index in [2.05, 4.69) is 0 Å². The maximum atomic E-state index is 8.75. The van der Waals surface area contributed by atoms with Gasteiger partial charge in [-0.2, -0.15) is 5.26 Å². The number of nitriles is 1. The van der Waals surface area contributed by atoms with Crippen molar-refractivity contribution in [3.8, 4) is 11.8 Å². The fourth-order valence-corrected chi connectivity index (χ4v) is 1.13. The highest BCUT2D eigenvalue weighted by molar-refractivity contribution is 7.80. The van der Waals surface area contributed by atoms with Gasteiger partial charge in [-0.05, 0) is 23.8 Å². The summed E-state index contributed by atoms with van der Waals surface area (Å²) in [5, 5.41) is 8.75. The van der Waals surface area contributed by atoms with Crippen molar-refractivity contribution in [2.75, 3.05) is 7.11 Å². The van der Waals surface area contributed by atoms with Gasteiger partial charge in [0.15, 0.2) is 0 Å². The minimum atomic E-state index is 0.105. The largest absolute Gasteiger partial charge is 0.497 e. The molecule has 0 fully saturated rings. The first-order valence-corrected chi connectivity index (χ1v) is 4.64. The first-order valence-electron chi connectivity index (χ1n) is 4.23. The van der Waals surface area contributed by atoms with Crippen LogP contribution < -0.4 is 10.5 Å². The van der Waals surface area contributed by atoms with Gasteiger partial charge >= 0.3 is 0 Å². The van der Waals surface area contributed by atoms with Crippen molar-refractivity contribution in [2.24, 2.45) is 5.73 Å². The zero-order valence-electron chi connectivity index (χ0n) is 8.23. The van der Waals surface area contributed by atoms with Crippen molar-refractivity contribution in [1.82, 2.24) is 0 Å². The van der Waals surface area contributed by atoms with E-state index in [1.165, 1.54) is 0 Å². The molecule has 1 aromatic carbocycles. The van der Waals surface area contributed by atoms with E-state index in [9.17, 15) is 0 Å². The lowest BCUT2D eigenvalue weighted by Crippen LogP contribution is -2.09. The molecule has 1 aromatic rings. The van der Waals surface area contributed by atoms with Gasteiger partial charge in [-0.25, -0.2) is 0 Å². The minimum Gasteiger partial charge on any atom is -0.497 e. The second-order valence-electron chi connectivity index (χ2n) is 2.81. The quantitative estimate of drug-likeness (QED) is 0.478. The molecule has 0 aliphatic heterocycles. The van der Waals surface area contributed by atoms with Gasteiger partial charge in [-0.1, -0.05) is 24.4 Å². The minimum absolute atomic E-state index is 0.105. The number of thiocarbonyl (C=S) groups is 1. The third-order valence-corrected chi connectivity index (χ3v) is 2.03. The van der Waals surface area contributed by atoms with Crippen molar-refractivity contribution in [2.45, 2.75) is 0 Å². The standard InChI is InChI=1S/C11H10N2OS/c1-14-10-4-2-8(3-5-10)6-9(7-12)11(13)15/h2-6H,1H3,(H2,13,15).